The molecule has 0 aliphatic heterocycles. The fraction of sp³-hybridized carbons (Fsp3) is 0.389. The zero-order valence-corrected chi connectivity index (χ0v) is 13.3. The van der Waals surface area contributed by atoms with Crippen molar-refractivity contribution in [2.75, 3.05) is 13.7 Å². The van der Waals surface area contributed by atoms with Crippen molar-refractivity contribution in [2.45, 2.75) is 33.2 Å². The molecule has 1 N–H and O–H groups in total. The van der Waals surface area contributed by atoms with E-state index in [0.717, 1.165) is 30.1 Å². The van der Waals surface area contributed by atoms with Crippen molar-refractivity contribution < 1.29 is 4.74 Å². The normalized spacial score (nSPS) is 12.2. The molecule has 0 saturated heterocycles. The van der Waals surface area contributed by atoms with Gasteiger partial charge in [-0.15, -0.1) is 0 Å². The molecule has 0 fully saturated rings. The summed E-state index contributed by atoms with van der Waals surface area (Å²) in [4.78, 5) is 4.47. The van der Waals surface area contributed by atoms with E-state index in [1.807, 2.05) is 26.0 Å². The van der Waals surface area contributed by atoms with Crippen molar-refractivity contribution in [3.63, 3.8) is 0 Å². The lowest BCUT2D eigenvalue weighted by Crippen LogP contribution is -2.23. The maximum Gasteiger partial charge on any atom is 0.122 e. The number of aromatic nitrogens is 1. The van der Waals surface area contributed by atoms with Gasteiger partial charge in [-0.25, -0.2) is 0 Å². The van der Waals surface area contributed by atoms with Crippen molar-refractivity contribution in [1.82, 2.24) is 10.3 Å². The van der Waals surface area contributed by atoms with Crippen LogP contribution in [0.4, 0.5) is 0 Å². The molecular formula is C18H24N2O. The molecule has 1 atom stereocenters. The van der Waals surface area contributed by atoms with Crippen LogP contribution in [0.25, 0.3) is 0 Å². The monoisotopic (exact) mass is 284 g/mol. The number of benzene rings is 1. The number of ether oxygens (including phenoxy) is 1. The summed E-state index contributed by atoms with van der Waals surface area (Å²) in [6, 6.07) is 12.8. The van der Waals surface area contributed by atoms with E-state index in [4.69, 9.17) is 4.74 Å². The lowest BCUT2D eigenvalue weighted by Gasteiger charge is -2.20. The Morgan fingerprint density at radius 3 is 2.43 bits per heavy atom. The van der Waals surface area contributed by atoms with Crippen LogP contribution in [0.1, 0.15) is 35.5 Å². The second-order valence-corrected chi connectivity index (χ2v) is 5.31. The molecular weight excluding hydrogens is 260 g/mol. The molecule has 21 heavy (non-hydrogen) atoms. The molecule has 0 saturated carbocycles. The quantitative estimate of drug-likeness (QED) is 0.880. The summed E-state index contributed by atoms with van der Waals surface area (Å²) in [5, 5.41) is 3.57. The topological polar surface area (TPSA) is 34.1 Å². The Morgan fingerprint density at radius 1 is 1.14 bits per heavy atom. The highest BCUT2D eigenvalue weighted by Crippen LogP contribution is 2.25. The Labute approximate surface area is 127 Å². The van der Waals surface area contributed by atoms with Crippen LogP contribution in [0.15, 0.2) is 36.4 Å². The number of nitrogens with one attached hydrogen (secondary N) is 1. The molecule has 2 aromatic rings. The molecule has 3 heteroatoms. The molecule has 112 valence electrons. The molecule has 0 bridgehead atoms. The van der Waals surface area contributed by atoms with Crippen LogP contribution >= 0.6 is 0 Å². The van der Waals surface area contributed by atoms with Crippen molar-refractivity contribution in [3.05, 3.63) is 58.9 Å². The molecule has 1 aromatic heterocycles. The Balaban J connectivity index is 2.30. The SMILES string of the molecule is CCNC(Cc1ccccc1OC)c1cc(C)nc(C)c1. The van der Waals surface area contributed by atoms with Crippen LogP contribution in [0.3, 0.4) is 0 Å². The fourth-order valence-electron chi connectivity index (χ4n) is 2.71. The predicted octanol–water partition coefficient (Wildman–Crippen LogP) is 3.60. The van der Waals surface area contributed by atoms with Crippen LogP contribution in [0, 0.1) is 13.8 Å². The van der Waals surface area contributed by atoms with E-state index in [1.54, 1.807) is 7.11 Å². The minimum atomic E-state index is 0.270. The van der Waals surface area contributed by atoms with Crippen LogP contribution < -0.4 is 10.1 Å². The van der Waals surface area contributed by atoms with E-state index in [2.05, 4.69) is 41.5 Å². The third-order valence-corrected chi connectivity index (χ3v) is 3.57. The first-order valence-corrected chi connectivity index (χ1v) is 7.44. The van der Waals surface area contributed by atoms with Gasteiger partial charge < -0.3 is 10.1 Å². The van der Waals surface area contributed by atoms with E-state index >= 15 is 0 Å². The summed E-state index contributed by atoms with van der Waals surface area (Å²) in [5.74, 6) is 0.947. The molecule has 1 heterocycles. The van der Waals surface area contributed by atoms with Gasteiger partial charge in [0.1, 0.15) is 5.75 Å². The van der Waals surface area contributed by atoms with E-state index in [0.29, 0.717) is 0 Å². The minimum absolute atomic E-state index is 0.270. The molecule has 2 rings (SSSR count). The first-order valence-electron chi connectivity index (χ1n) is 7.44. The largest absolute Gasteiger partial charge is 0.496 e. The molecule has 1 aromatic carbocycles. The van der Waals surface area contributed by atoms with Crippen LogP contribution in [-0.2, 0) is 6.42 Å². The lowest BCUT2D eigenvalue weighted by atomic mass is 9.97. The Bertz CT molecular complexity index is 575. The molecule has 1 unspecified atom stereocenters. The minimum Gasteiger partial charge on any atom is -0.496 e. The fourth-order valence-corrected chi connectivity index (χ4v) is 2.71. The van der Waals surface area contributed by atoms with Crippen LogP contribution in [-0.4, -0.2) is 18.6 Å². The van der Waals surface area contributed by atoms with Gasteiger partial charge in [-0.2, -0.15) is 0 Å². The maximum atomic E-state index is 5.47. The zero-order chi connectivity index (χ0) is 15.2. The van der Waals surface area contributed by atoms with E-state index in [-0.39, 0.29) is 6.04 Å². The number of likely N-dealkylation sites (N-methyl/N-ethyl adjacent to an activating group) is 1. The van der Waals surface area contributed by atoms with Crippen LogP contribution in [0.2, 0.25) is 0 Å². The van der Waals surface area contributed by atoms with Gasteiger partial charge in [-0.05, 0) is 56.1 Å². The average Bonchev–Trinajstić information content (AvgIpc) is 2.46. The van der Waals surface area contributed by atoms with Gasteiger partial charge in [-0.1, -0.05) is 25.1 Å². The predicted molar refractivity (Wildman–Crippen MR) is 86.8 cm³/mol. The molecule has 0 amide bonds. The van der Waals surface area contributed by atoms with Gasteiger partial charge >= 0.3 is 0 Å². The van der Waals surface area contributed by atoms with Crippen LogP contribution in [0.5, 0.6) is 5.75 Å². The highest BCUT2D eigenvalue weighted by molar-refractivity contribution is 5.35. The first kappa shape index (κ1) is 15.5. The number of pyridine rings is 1. The standard InChI is InChI=1S/C18H24N2O/c1-5-19-17(16-10-13(2)20-14(3)11-16)12-15-8-6-7-9-18(15)21-4/h6-11,17,19H,5,12H2,1-4H3. The van der Waals surface area contributed by atoms with Crippen molar-refractivity contribution in [3.8, 4) is 5.75 Å². The lowest BCUT2D eigenvalue weighted by molar-refractivity contribution is 0.405. The summed E-state index contributed by atoms with van der Waals surface area (Å²) < 4.78 is 5.47. The van der Waals surface area contributed by atoms with Gasteiger partial charge in [0.2, 0.25) is 0 Å². The summed E-state index contributed by atoms with van der Waals surface area (Å²) >= 11 is 0. The zero-order valence-electron chi connectivity index (χ0n) is 13.3. The number of hydrogen-bond acceptors (Lipinski definition) is 3. The number of aryl methyl sites for hydroxylation is 2. The summed E-state index contributed by atoms with van der Waals surface area (Å²) in [6.07, 6.45) is 0.904. The smallest absolute Gasteiger partial charge is 0.122 e. The van der Waals surface area contributed by atoms with Gasteiger partial charge in [0.05, 0.1) is 7.11 Å². The van der Waals surface area contributed by atoms with E-state index < -0.39 is 0 Å². The Morgan fingerprint density at radius 2 is 1.81 bits per heavy atom. The summed E-state index contributed by atoms with van der Waals surface area (Å²) in [6.45, 7) is 7.15. The molecule has 0 spiro atoms. The Hall–Kier alpha value is -1.87. The van der Waals surface area contributed by atoms with E-state index in [9.17, 15) is 0 Å². The second-order valence-electron chi connectivity index (χ2n) is 5.31. The summed E-state index contributed by atoms with van der Waals surface area (Å²) in [7, 11) is 1.72. The number of hydrogen-bond donors (Lipinski definition) is 1. The molecule has 0 aliphatic carbocycles. The van der Waals surface area contributed by atoms with Crippen molar-refractivity contribution >= 4 is 0 Å². The number of nitrogens with zero attached hydrogens (tertiary/aromatic N) is 1. The highest BCUT2D eigenvalue weighted by Gasteiger charge is 2.14. The van der Waals surface area contributed by atoms with E-state index in [1.165, 1.54) is 11.1 Å². The Kier molecular flexibility index (Phi) is 5.34. The van der Waals surface area contributed by atoms with Gasteiger partial charge in [0.15, 0.2) is 0 Å². The van der Waals surface area contributed by atoms with Crippen molar-refractivity contribution in [2.24, 2.45) is 0 Å². The third kappa shape index (κ3) is 4.05. The third-order valence-electron chi connectivity index (χ3n) is 3.57. The van der Waals surface area contributed by atoms with Gasteiger partial charge in [0.25, 0.3) is 0 Å². The second kappa shape index (κ2) is 7.23. The molecule has 3 nitrogen and oxygen atoms in total. The van der Waals surface area contributed by atoms with Gasteiger partial charge in [0, 0.05) is 17.4 Å². The number of rotatable bonds is 6. The number of para-hydroxylation sites is 1. The number of methoxy groups -OCH3 is 1. The first-order chi connectivity index (χ1) is 10.1. The summed E-state index contributed by atoms with van der Waals surface area (Å²) in [5.41, 5.74) is 4.63. The molecule has 0 radical (unpaired) electrons. The highest BCUT2D eigenvalue weighted by atomic mass is 16.5. The maximum absolute atomic E-state index is 5.47. The van der Waals surface area contributed by atoms with Gasteiger partial charge in [-0.3, -0.25) is 4.98 Å². The van der Waals surface area contributed by atoms with Crippen molar-refractivity contribution in [1.29, 1.82) is 0 Å². The molecule has 0 aliphatic rings. The average molecular weight is 284 g/mol.